The summed E-state index contributed by atoms with van der Waals surface area (Å²) in [5, 5.41) is 12.5. The topological polar surface area (TPSA) is 52.6 Å². The van der Waals surface area contributed by atoms with Gasteiger partial charge >= 0.3 is 0 Å². The normalized spacial score (nSPS) is 17.1. The molecule has 1 aliphatic heterocycles. The Morgan fingerprint density at radius 3 is 2.75 bits per heavy atom. The number of aliphatic hydroxyl groups excluding tert-OH is 1. The van der Waals surface area contributed by atoms with Gasteiger partial charge in [0.15, 0.2) is 0 Å². The second-order valence-electron chi connectivity index (χ2n) is 5.46. The highest BCUT2D eigenvalue weighted by atomic mass is 16.3. The number of piperidine rings is 1. The summed E-state index contributed by atoms with van der Waals surface area (Å²) in [6.07, 6.45) is 2.95. The van der Waals surface area contributed by atoms with Crippen LogP contribution in [0.15, 0.2) is 24.3 Å². The number of nitrogens with zero attached hydrogens (tertiary/aromatic N) is 1. The standard InChI is InChI=1S/C16H24N2O2/c1-2-5-16(20)17-15-7-4-3-6-13(15)12-18-10-8-14(19)9-11-18/h3-4,6-7,14,19H,2,5,8-12H2,1H3,(H,17,20). The first-order valence-corrected chi connectivity index (χ1v) is 7.47. The number of hydrogen-bond acceptors (Lipinski definition) is 3. The summed E-state index contributed by atoms with van der Waals surface area (Å²) in [6, 6.07) is 7.98. The van der Waals surface area contributed by atoms with E-state index in [2.05, 4.69) is 16.3 Å². The van der Waals surface area contributed by atoms with Crippen LogP contribution in [0, 0.1) is 0 Å². The number of amides is 1. The number of benzene rings is 1. The monoisotopic (exact) mass is 276 g/mol. The van der Waals surface area contributed by atoms with Gasteiger partial charge in [-0.2, -0.15) is 0 Å². The first-order valence-electron chi connectivity index (χ1n) is 7.47. The van der Waals surface area contributed by atoms with Gasteiger partial charge in [0.1, 0.15) is 0 Å². The zero-order valence-electron chi connectivity index (χ0n) is 12.1. The van der Waals surface area contributed by atoms with Crippen molar-refractivity contribution in [1.29, 1.82) is 0 Å². The zero-order chi connectivity index (χ0) is 14.4. The van der Waals surface area contributed by atoms with Crippen LogP contribution in [0.2, 0.25) is 0 Å². The Bertz CT molecular complexity index is 440. The molecule has 0 unspecified atom stereocenters. The summed E-state index contributed by atoms with van der Waals surface area (Å²) in [6.45, 7) is 4.66. The lowest BCUT2D eigenvalue weighted by Gasteiger charge is -2.30. The molecule has 1 fully saturated rings. The average molecular weight is 276 g/mol. The van der Waals surface area contributed by atoms with E-state index in [9.17, 15) is 9.90 Å². The molecule has 1 aromatic rings. The van der Waals surface area contributed by atoms with Crippen molar-refractivity contribution >= 4 is 11.6 Å². The van der Waals surface area contributed by atoms with E-state index in [1.807, 2.05) is 25.1 Å². The molecule has 1 amide bonds. The van der Waals surface area contributed by atoms with Crippen LogP contribution in [-0.4, -0.2) is 35.1 Å². The molecular formula is C16H24N2O2. The molecule has 4 heteroatoms. The molecule has 2 N–H and O–H groups in total. The predicted molar refractivity (Wildman–Crippen MR) is 80.5 cm³/mol. The highest BCUT2D eigenvalue weighted by Crippen LogP contribution is 2.20. The highest BCUT2D eigenvalue weighted by molar-refractivity contribution is 5.91. The predicted octanol–water partition coefficient (Wildman–Crippen LogP) is 2.38. The van der Waals surface area contributed by atoms with E-state index in [-0.39, 0.29) is 12.0 Å². The molecule has 110 valence electrons. The zero-order valence-corrected chi connectivity index (χ0v) is 12.1. The Morgan fingerprint density at radius 1 is 1.35 bits per heavy atom. The van der Waals surface area contributed by atoms with Crippen molar-refractivity contribution in [2.75, 3.05) is 18.4 Å². The van der Waals surface area contributed by atoms with Gasteiger partial charge in [-0.15, -0.1) is 0 Å². The molecule has 1 aliphatic rings. The minimum Gasteiger partial charge on any atom is -0.393 e. The highest BCUT2D eigenvalue weighted by Gasteiger charge is 2.18. The largest absolute Gasteiger partial charge is 0.393 e. The summed E-state index contributed by atoms with van der Waals surface area (Å²) in [4.78, 5) is 14.1. The molecule has 0 spiro atoms. The minimum absolute atomic E-state index is 0.0778. The molecule has 1 heterocycles. The lowest BCUT2D eigenvalue weighted by Crippen LogP contribution is -2.35. The van der Waals surface area contributed by atoms with E-state index in [4.69, 9.17) is 0 Å². The maximum atomic E-state index is 11.7. The Kier molecular flexibility index (Phi) is 5.56. The maximum absolute atomic E-state index is 11.7. The van der Waals surface area contributed by atoms with E-state index >= 15 is 0 Å². The van der Waals surface area contributed by atoms with Crippen LogP contribution in [0.25, 0.3) is 0 Å². The van der Waals surface area contributed by atoms with Gasteiger partial charge < -0.3 is 10.4 Å². The number of hydrogen-bond donors (Lipinski definition) is 2. The fourth-order valence-corrected chi connectivity index (χ4v) is 2.54. The number of anilines is 1. The molecule has 1 saturated heterocycles. The van der Waals surface area contributed by atoms with Gasteiger partial charge in [-0.25, -0.2) is 0 Å². The van der Waals surface area contributed by atoms with Crippen LogP contribution < -0.4 is 5.32 Å². The SMILES string of the molecule is CCCC(=O)Nc1ccccc1CN1CCC(O)CC1. The van der Waals surface area contributed by atoms with E-state index in [0.717, 1.165) is 50.1 Å². The van der Waals surface area contributed by atoms with E-state index in [1.165, 1.54) is 0 Å². The van der Waals surface area contributed by atoms with Gasteiger partial charge in [-0.1, -0.05) is 25.1 Å². The second-order valence-corrected chi connectivity index (χ2v) is 5.46. The molecule has 0 aromatic heterocycles. The minimum atomic E-state index is -0.147. The lowest BCUT2D eigenvalue weighted by atomic mass is 10.1. The third-order valence-corrected chi connectivity index (χ3v) is 3.72. The molecule has 0 atom stereocenters. The summed E-state index contributed by atoms with van der Waals surface area (Å²) in [5.41, 5.74) is 2.06. The molecule has 0 aliphatic carbocycles. The smallest absolute Gasteiger partial charge is 0.224 e. The van der Waals surface area contributed by atoms with Gasteiger partial charge in [0.05, 0.1) is 6.10 Å². The number of para-hydroxylation sites is 1. The fourth-order valence-electron chi connectivity index (χ4n) is 2.54. The molecule has 4 nitrogen and oxygen atoms in total. The van der Waals surface area contributed by atoms with Crippen LogP contribution in [-0.2, 0) is 11.3 Å². The number of carbonyl (C=O) groups excluding carboxylic acids is 1. The van der Waals surface area contributed by atoms with Crippen molar-refractivity contribution in [3.8, 4) is 0 Å². The van der Waals surface area contributed by atoms with Crippen molar-refractivity contribution in [1.82, 2.24) is 4.90 Å². The molecule has 20 heavy (non-hydrogen) atoms. The van der Waals surface area contributed by atoms with Crippen LogP contribution >= 0.6 is 0 Å². The van der Waals surface area contributed by atoms with E-state index in [0.29, 0.717) is 6.42 Å². The van der Waals surface area contributed by atoms with Gasteiger partial charge in [0.2, 0.25) is 5.91 Å². The number of carbonyl (C=O) groups is 1. The average Bonchev–Trinajstić information content (AvgIpc) is 2.44. The maximum Gasteiger partial charge on any atom is 0.224 e. The molecular weight excluding hydrogens is 252 g/mol. The van der Waals surface area contributed by atoms with E-state index in [1.54, 1.807) is 0 Å². The van der Waals surface area contributed by atoms with Crippen LogP contribution in [0.4, 0.5) is 5.69 Å². The molecule has 0 radical (unpaired) electrons. The van der Waals surface area contributed by atoms with Crippen LogP contribution in [0.3, 0.4) is 0 Å². The molecule has 2 rings (SSSR count). The Hall–Kier alpha value is -1.39. The molecule has 0 bridgehead atoms. The van der Waals surface area contributed by atoms with Crippen molar-refractivity contribution < 1.29 is 9.90 Å². The summed E-state index contributed by atoms with van der Waals surface area (Å²) in [7, 11) is 0. The van der Waals surface area contributed by atoms with Gasteiger partial charge in [-0.3, -0.25) is 9.69 Å². The fraction of sp³-hybridized carbons (Fsp3) is 0.562. The Morgan fingerprint density at radius 2 is 2.05 bits per heavy atom. The first-order chi connectivity index (χ1) is 9.69. The summed E-state index contributed by atoms with van der Waals surface area (Å²) in [5.74, 6) is 0.0778. The summed E-state index contributed by atoms with van der Waals surface area (Å²) < 4.78 is 0. The van der Waals surface area contributed by atoms with Crippen LogP contribution in [0.1, 0.15) is 38.2 Å². The van der Waals surface area contributed by atoms with Gasteiger partial charge in [-0.05, 0) is 30.9 Å². The number of rotatable bonds is 5. The third-order valence-electron chi connectivity index (χ3n) is 3.72. The summed E-state index contributed by atoms with van der Waals surface area (Å²) >= 11 is 0. The lowest BCUT2D eigenvalue weighted by molar-refractivity contribution is -0.116. The van der Waals surface area contributed by atoms with Crippen molar-refractivity contribution in [3.05, 3.63) is 29.8 Å². The molecule has 1 aromatic carbocycles. The first kappa shape index (κ1) is 15.0. The van der Waals surface area contributed by atoms with Crippen molar-refractivity contribution in [2.45, 2.75) is 45.3 Å². The third kappa shape index (κ3) is 4.32. The van der Waals surface area contributed by atoms with Crippen LogP contribution in [0.5, 0.6) is 0 Å². The van der Waals surface area contributed by atoms with Crippen molar-refractivity contribution in [2.24, 2.45) is 0 Å². The quantitative estimate of drug-likeness (QED) is 0.868. The number of aliphatic hydroxyl groups is 1. The Labute approximate surface area is 120 Å². The number of likely N-dealkylation sites (tertiary alicyclic amines) is 1. The van der Waals surface area contributed by atoms with E-state index < -0.39 is 0 Å². The Balaban J connectivity index is 1.98. The second kappa shape index (κ2) is 7.41. The van der Waals surface area contributed by atoms with Gasteiger partial charge in [0, 0.05) is 31.7 Å². The van der Waals surface area contributed by atoms with Gasteiger partial charge in [0.25, 0.3) is 0 Å². The number of nitrogens with one attached hydrogen (secondary N) is 1. The molecule has 0 saturated carbocycles. The van der Waals surface area contributed by atoms with Crippen molar-refractivity contribution in [3.63, 3.8) is 0 Å².